The van der Waals surface area contributed by atoms with Crippen molar-refractivity contribution in [2.24, 2.45) is 0 Å². The molecular formula is C26H22N2O4. The van der Waals surface area contributed by atoms with Gasteiger partial charge in [0.15, 0.2) is 5.78 Å². The smallest absolute Gasteiger partial charge is 0.282 e. The van der Waals surface area contributed by atoms with Gasteiger partial charge in [0, 0.05) is 22.4 Å². The summed E-state index contributed by atoms with van der Waals surface area (Å²) in [5.74, 6) is -0.461. The Morgan fingerprint density at radius 3 is 2.09 bits per heavy atom. The zero-order chi connectivity index (χ0) is 22.7. The summed E-state index contributed by atoms with van der Waals surface area (Å²) in [5, 5.41) is 15.6. The average Bonchev–Trinajstić information content (AvgIpc) is 2.84. The Kier molecular flexibility index (Phi) is 5.85. The monoisotopic (exact) mass is 426 g/mol. The lowest BCUT2D eigenvalue weighted by Gasteiger charge is -2.28. The van der Waals surface area contributed by atoms with Crippen molar-refractivity contribution < 1.29 is 14.5 Å². The van der Waals surface area contributed by atoms with Gasteiger partial charge in [0.05, 0.1) is 12.0 Å². The number of benzene rings is 3. The molecule has 0 saturated carbocycles. The van der Waals surface area contributed by atoms with Crippen LogP contribution in [-0.2, 0) is 0 Å². The van der Waals surface area contributed by atoms with E-state index in [4.69, 9.17) is 4.74 Å². The Morgan fingerprint density at radius 2 is 1.53 bits per heavy atom. The Hall–Kier alpha value is -4.19. The van der Waals surface area contributed by atoms with Crippen molar-refractivity contribution in [3.8, 4) is 5.75 Å². The van der Waals surface area contributed by atoms with Crippen LogP contribution >= 0.6 is 0 Å². The average molecular weight is 426 g/mol. The van der Waals surface area contributed by atoms with E-state index in [-0.39, 0.29) is 11.5 Å². The first-order valence-corrected chi connectivity index (χ1v) is 10.2. The number of dihydropyridines is 1. The first-order chi connectivity index (χ1) is 15.5. The number of hydrogen-bond donors (Lipinski definition) is 1. The number of Topliss-reactive ketones (excluding diaryl/α,β-unsaturated/α-hetero) is 1. The zero-order valence-corrected chi connectivity index (χ0v) is 17.7. The van der Waals surface area contributed by atoms with Crippen LogP contribution in [0.4, 0.5) is 0 Å². The molecule has 1 atom stereocenters. The Morgan fingerprint density at radius 1 is 0.938 bits per heavy atom. The molecule has 0 radical (unpaired) electrons. The van der Waals surface area contributed by atoms with Gasteiger partial charge >= 0.3 is 0 Å². The molecule has 0 saturated heterocycles. The van der Waals surface area contributed by atoms with Crippen molar-refractivity contribution in [2.45, 2.75) is 12.8 Å². The number of ketones is 1. The summed E-state index contributed by atoms with van der Waals surface area (Å²) in [6.07, 6.45) is 0. The highest BCUT2D eigenvalue weighted by Crippen LogP contribution is 2.42. The molecule has 3 aromatic carbocycles. The molecule has 0 aromatic heterocycles. The Balaban J connectivity index is 1.95. The molecule has 6 heteroatoms. The van der Waals surface area contributed by atoms with Gasteiger partial charge < -0.3 is 10.1 Å². The van der Waals surface area contributed by atoms with E-state index in [9.17, 15) is 14.9 Å². The molecule has 32 heavy (non-hydrogen) atoms. The molecule has 1 unspecified atom stereocenters. The quantitative estimate of drug-likeness (QED) is 0.333. The van der Waals surface area contributed by atoms with Crippen molar-refractivity contribution in [3.63, 3.8) is 0 Å². The molecule has 0 spiro atoms. The third-order valence-corrected chi connectivity index (χ3v) is 5.52. The number of methoxy groups -OCH3 is 1. The van der Waals surface area contributed by atoms with Crippen LogP contribution in [0.3, 0.4) is 0 Å². The standard InChI is InChI=1S/C26H22N2O4/c1-17-22(26(29)20-11-7-4-8-12-20)23(18-13-15-21(32-2)16-14-18)25(28(30)31)24(27-17)19-9-5-3-6-10-19/h3-16,23,27H,1-2H3. The highest BCUT2D eigenvalue weighted by molar-refractivity contribution is 6.11. The lowest BCUT2D eigenvalue weighted by atomic mass is 9.79. The van der Waals surface area contributed by atoms with Crippen molar-refractivity contribution in [1.29, 1.82) is 0 Å². The minimum atomic E-state index is -0.847. The first-order valence-electron chi connectivity index (χ1n) is 10.2. The van der Waals surface area contributed by atoms with Crippen LogP contribution in [0.2, 0.25) is 0 Å². The number of ether oxygens (including phenoxy) is 1. The van der Waals surface area contributed by atoms with Gasteiger partial charge in [-0.25, -0.2) is 0 Å². The number of hydrogen-bond acceptors (Lipinski definition) is 5. The van der Waals surface area contributed by atoms with E-state index < -0.39 is 10.8 Å². The molecule has 1 aliphatic heterocycles. The van der Waals surface area contributed by atoms with E-state index in [1.165, 1.54) is 0 Å². The van der Waals surface area contributed by atoms with Gasteiger partial charge in [-0.05, 0) is 24.6 Å². The summed E-state index contributed by atoms with van der Waals surface area (Å²) in [7, 11) is 1.56. The molecule has 0 aliphatic carbocycles. The van der Waals surface area contributed by atoms with Gasteiger partial charge in [-0.3, -0.25) is 14.9 Å². The van der Waals surface area contributed by atoms with Crippen LogP contribution in [0.5, 0.6) is 5.75 Å². The molecular weight excluding hydrogens is 404 g/mol. The topological polar surface area (TPSA) is 81.5 Å². The second-order valence-electron chi connectivity index (χ2n) is 7.45. The van der Waals surface area contributed by atoms with Gasteiger partial charge in [0.25, 0.3) is 5.70 Å². The minimum Gasteiger partial charge on any atom is -0.497 e. The number of carbonyl (C=O) groups excluding carboxylic acids is 1. The maximum atomic E-state index is 13.6. The summed E-state index contributed by atoms with van der Waals surface area (Å²) < 4.78 is 5.25. The molecule has 1 N–H and O–H groups in total. The van der Waals surface area contributed by atoms with Crippen LogP contribution < -0.4 is 10.1 Å². The largest absolute Gasteiger partial charge is 0.497 e. The number of allylic oxidation sites excluding steroid dienone is 2. The lowest BCUT2D eigenvalue weighted by molar-refractivity contribution is -0.428. The SMILES string of the molecule is COc1ccc(C2C(C(=O)c3ccccc3)=C(C)NC(c3ccccc3)=C2[N+](=O)[O-])cc1. The van der Waals surface area contributed by atoms with E-state index >= 15 is 0 Å². The number of nitrogens with one attached hydrogen (secondary N) is 1. The summed E-state index contributed by atoms with van der Waals surface area (Å²) >= 11 is 0. The lowest BCUT2D eigenvalue weighted by Crippen LogP contribution is -2.31. The van der Waals surface area contributed by atoms with Crippen LogP contribution in [0, 0.1) is 10.1 Å². The van der Waals surface area contributed by atoms with E-state index in [1.807, 2.05) is 36.4 Å². The molecule has 160 valence electrons. The van der Waals surface area contributed by atoms with Crippen LogP contribution in [0.25, 0.3) is 5.70 Å². The zero-order valence-electron chi connectivity index (χ0n) is 17.7. The van der Waals surface area contributed by atoms with Crippen molar-refractivity contribution in [2.75, 3.05) is 7.11 Å². The highest BCUT2D eigenvalue weighted by atomic mass is 16.6. The predicted molar refractivity (Wildman–Crippen MR) is 123 cm³/mol. The summed E-state index contributed by atoms with van der Waals surface area (Å²) in [6, 6.07) is 25.0. The van der Waals surface area contributed by atoms with Gasteiger partial charge in [0.1, 0.15) is 17.4 Å². The Labute approximate surface area is 186 Å². The number of rotatable bonds is 6. The third-order valence-electron chi connectivity index (χ3n) is 5.52. The molecule has 0 amide bonds. The van der Waals surface area contributed by atoms with E-state index in [2.05, 4.69) is 5.32 Å². The molecule has 3 aromatic rings. The minimum absolute atomic E-state index is 0.0637. The fourth-order valence-corrected chi connectivity index (χ4v) is 4.01. The molecule has 0 bridgehead atoms. The fraction of sp³-hybridized carbons (Fsp3) is 0.115. The summed E-state index contributed by atoms with van der Waals surface area (Å²) in [4.78, 5) is 25.6. The third kappa shape index (κ3) is 3.90. The van der Waals surface area contributed by atoms with Gasteiger partial charge in [-0.15, -0.1) is 0 Å². The molecule has 4 rings (SSSR count). The normalized spacial score (nSPS) is 15.9. The molecule has 1 aliphatic rings. The summed E-state index contributed by atoms with van der Waals surface area (Å²) in [6.45, 7) is 1.78. The van der Waals surface area contributed by atoms with E-state index in [0.717, 1.165) is 0 Å². The van der Waals surface area contributed by atoms with E-state index in [0.29, 0.717) is 39.4 Å². The second kappa shape index (κ2) is 8.89. The fourth-order valence-electron chi connectivity index (χ4n) is 4.01. The van der Waals surface area contributed by atoms with Crippen molar-refractivity contribution >= 4 is 11.5 Å². The van der Waals surface area contributed by atoms with E-state index in [1.54, 1.807) is 62.6 Å². The molecule has 6 nitrogen and oxygen atoms in total. The molecule has 0 fully saturated rings. The van der Waals surface area contributed by atoms with Crippen LogP contribution in [0.15, 0.2) is 102 Å². The number of carbonyl (C=O) groups is 1. The maximum absolute atomic E-state index is 13.6. The predicted octanol–water partition coefficient (Wildman–Crippen LogP) is 5.18. The van der Waals surface area contributed by atoms with Crippen LogP contribution in [0.1, 0.15) is 34.3 Å². The Bertz CT molecular complexity index is 1210. The van der Waals surface area contributed by atoms with Gasteiger partial charge in [0.2, 0.25) is 0 Å². The van der Waals surface area contributed by atoms with Crippen LogP contribution in [-0.4, -0.2) is 17.8 Å². The van der Waals surface area contributed by atoms with Gasteiger partial charge in [-0.2, -0.15) is 0 Å². The first kappa shape index (κ1) is 21.1. The number of nitrogens with zero attached hydrogens (tertiary/aromatic N) is 1. The van der Waals surface area contributed by atoms with Gasteiger partial charge in [-0.1, -0.05) is 72.8 Å². The summed E-state index contributed by atoms with van der Waals surface area (Å²) in [5.41, 5.74) is 3.07. The maximum Gasteiger partial charge on any atom is 0.282 e. The second-order valence-corrected chi connectivity index (χ2v) is 7.45. The van der Waals surface area contributed by atoms with Crippen molar-refractivity contribution in [3.05, 3.63) is 129 Å². The molecule has 1 heterocycles. The number of nitro groups is 1. The van der Waals surface area contributed by atoms with Crippen molar-refractivity contribution in [1.82, 2.24) is 5.32 Å². The highest BCUT2D eigenvalue weighted by Gasteiger charge is 2.41.